The molecule has 0 heterocycles. The fourth-order valence-electron chi connectivity index (χ4n) is 4.87. The summed E-state index contributed by atoms with van der Waals surface area (Å²) in [4.78, 5) is 24.6. The Bertz CT molecular complexity index is 697. The van der Waals surface area contributed by atoms with E-state index in [-0.39, 0.29) is 18.4 Å². The highest BCUT2D eigenvalue weighted by atomic mass is 32.1. The number of benzene rings is 1. The van der Waals surface area contributed by atoms with Crippen molar-refractivity contribution in [2.24, 2.45) is 5.92 Å². The highest BCUT2D eigenvalue weighted by Gasteiger charge is 2.23. The van der Waals surface area contributed by atoms with Crippen molar-refractivity contribution in [2.45, 2.75) is 109 Å². The fraction of sp³-hybridized carbons (Fsp3) is 0.714. The van der Waals surface area contributed by atoms with Gasteiger partial charge in [0, 0.05) is 29.4 Å². The molecule has 0 aliphatic heterocycles. The molecule has 0 radical (unpaired) electrons. The Morgan fingerprint density at radius 3 is 1.97 bits per heavy atom. The number of amides is 1. The second kappa shape index (κ2) is 16.2. The van der Waals surface area contributed by atoms with Crippen LogP contribution >= 0.6 is 12.6 Å². The average molecular weight is 491 g/mol. The number of aryl methyl sites for hydroxylation is 1. The molecule has 2 fully saturated rings. The second-order valence-electron chi connectivity index (χ2n) is 10.0. The van der Waals surface area contributed by atoms with E-state index in [0.29, 0.717) is 11.4 Å². The number of anilines is 1. The topological polar surface area (TPSA) is 69.6 Å². The van der Waals surface area contributed by atoms with E-state index in [1.54, 1.807) is 6.92 Å². The van der Waals surface area contributed by atoms with Crippen LogP contribution in [0, 0.1) is 5.92 Å². The van der Waals surface area contributed by atoms with Gasteiger partial charge in [0.05, 0.1) is 0 Å². The van der Waals surface area contributed by atoms with Crippen molar-refractivity contribution in [3.05, 3.63) is 29.8 Å². The molecule has 1 amide bonds. The first-order valence-corrected chi connectivity index (χ1v) is 14.1. The van der Waals surface area contributed by atoms with Gasteiger partial charge in [-0.1, -0.05) is 70.9 Å². The molecular formula is C28H46N2O3S. The molecule has 0 bridgehead atoms. The van der Waals surface area contributed by atoms with Gasteiger partial charge in [0.2, 0.25) is 5.91 Å². The number of nitrogens with zero attached hydrogens (tertiary/aromatic N) is 1. The van der Waals surface area contributed by atoms with E-state index in [9.17, 15) is 9.59 Å². The van der Waals surface area contributed by atoms with E-state index < -0.39 is 5.97 Å². The lowest BCUT2D eigenvalue weighted by Gasteiger charge is -2.30. The monoisotopic (exact) mass is 490 g/mol. The van der Waals surface area contributed by atoms with Gasteiger partial charge in [0.15, 0.2) is 0 Å². The molecule has 34 heavy (non-hydrogen) atoms. The Balaban J connectivity index is 0.000000266. The molecule has 2 saturated carbocycles. The van der Waals surface area contributed by atoms with Crippen molar-refractivity contribution in [3.63, 3.8) is 0 Å². The van der Waals surface area contributed by atoms with Gasteiger partial charge in [-0.3, -0.25) is 9.59 Å². The zero-order chi connectivity index (χ0) is 24.8. The zero-order valence-electron chi connectivity index (χ0n) is 21.3. The van der Waals surface area contributed by atoms with Crippen LogP contribution in [0.2, 0.25) is 0 Å². The number of nitrogens with one attached hydrogen (secondary N) is 1. The lowest BCUT2D eigenvalue weighted by Crippen LogP contribution is -2.40. The quantitative estimate of drug-likeness (QED) is 0.339. The molecule has 1 aromatic rings. The molecule has 2 aliphatic rings. The zero-order valence-corrected chi connectivity index (χ0v) is 22.2. The molecular weight excluding hydrogens is 444 g/mol. The summed E-state index contributed by atoms with van der Waals surface area (Å²) in [6.07, 6.45) is 17.8. The van der Waals surface area contributed by atoms with E-state index >= 15 is 0 Å². The van der Waals surface area contributed by atoms with Crippen molar-refractivity contribution in [2.75, 3.05) is 17.2 Å². The summed E-state index contributed by atoms with van der Waals surface area (Å²) in [5, 5.41) is 12.9. The van der Waals surface area contributed by atoms with Gasteiger partial charge in [0.25, 0.3) is 0 Å². The fourth-order valence-corrected chi connectivity index (χ4v) is 5.03. The summed E-state index contributed by atoms with van der Waals surface area (Å²) >= 11 is 4.11. The van der Waals surface area contributed by atoms with Crippen molar-refractivity contribution in [3.8, 4) is 0 Å². The molecule has 1 aromatic carbocycles. The molecule has 5 nitrogen and oxygen atoms in total. The van der Waals surface area contributed by atoms with Gasteiger partial charge in [0.1, 0.15) is 6.54 Å². The minimum absolute atomic E-state index is 0.214. The van der Waals surface area contributed by atoms with Crippen LogP contribution in [-0.2, 0) is 16.0 Å². The molecule has 1 unspecified atom stereocenters. The lowest BCUT2D eigenvalue weighted by molar-refractivity contribution is -0.137. The van der Waals surface area contributed by atoms with Gasteiger partial charge in [-0.25, -0.2) is 0 Å². The molecule has 0 spiro atoms. The van der Waals surface area contributed by atoms with E-state index in [1.807, 2.05) is 24.3 Å². The van der Waals surface area contributed by atoms with Crippen molar-refractivity contribution >= 4 is 30.2 Å². The predicted octanol–water partition coefficient (Wildman–Crippen LogP) is 6.25. The van der Waals surface area contributed by atoms with Gasteiger partial charge >= 0.3 is 5.97 Å². The third kappa shape index (κ3) is 10.4. The first kappa shape index (κ1) is 28.7. The lowest BCUT2D eigenvalue weighted by atomic mass is 9.91. The summed E-state index contributed by atoms with van der Waals surface area (Å²) in [5.74, 6) is -1.16. The van der Waals surface area contributed by atoms with Crippen LogP contribution in [0.25, 0.3) is 0 Å². The highest BCUT2D eigenvalue weighted by Crippen LogP contribution is 2.23. The number of carboxylic acid groups (broad SMARTS) is 1. The summed E-state index contributed by atoms with van der Waals surface area (Å²) in [6, 6.07) is 9.29. The number of hydrogen-bond acceptors (Lipinski definition) is 4. The Labute approximate surface area is 212 Å². The first-order chi connectivity index (χ1) is 16.4. The maximum atomic E-state index is 12.3. The Hall–Kier alpha value is -1.53. The smallest absolute Gasteiger partial charge is 0.323 e. The molecule has 1 atom stereocenters. The van der Waals surface area contributed by atoms with E-state index in [2.05, 4.69) is 24.9 Å². The number of thiol groups is 1. The molecule has 3 rings (SSSR count). The van der Waals surface area contributed by atoms with Gasteiger partial charge in [-0.05, 0) is 56.2 Å². The summed E-state index contributed by atoms with van der Waals surface area (Å²) in [7, 11) is 0. The van der Waals surface area contributed by atoms with Crippen molar-refractivity contribution in [1.29, 1.82) is 0 Å². The Morgan fingerprint density at radius 2 is 1.53 bits per heavy atom. The molecule has 2 N–H and O–H groups in total. The number of carbonyl (C=O) groups excluding carboxylic acids is 1. The predicted molar refractivity (Wildman–Crippen MR) is 145 cm³/mol. The van der Waals surface area contributed by atoms with Gasteiger partial charge in [-0.2, -0.15) is 12.6 Å². The summed E-state index contributed by atoms with van der Waals surface area (Å²) < 4.78 is 0. The first-order valence-electron chi connectivity index (χ1n) is 13.4. The average Bonchev–Trinajstić information content (AvgIpc) is 2.87. The van der Waals surface area contributed by atoms with Crippen molar-refractivity contribution < 1.29 is 14.7 Å². The third-order valence-corrected chi connectivity index (χ3v) is 7.55. The number of carboxylic acids is 1. The second-order valence-corrected chi connectivity index (χ2v) is 10.4. The maximum absolute atomic E-state index is 12.3. The van der Waals surface area contributed by atoms with Gasteiger partial charge < -0.3 is 15.3 Å². The minimum Gasteiger partial charge on any atom is -0.480 e. The molecule has 0 aromatic heterocycles. The van der Waals surface area contributed by atoms with Crippen LogP contribution in [0.3, 0.4) is 0 Å². The van der Waals surface area contributed by atoms with Crippen LogP contribution in [0.5, 0.6) is 0 Å². The largest absolute Gasteiger partial charge is 0.480 e. The minimum atomic E-state index is -1.02. The molecule has 2 aliphatic carbocycles. The maximum Gasteiger partial charge on any atom is 0.323 e. The summed E-state index contributed by atoms with van der Waals surface area (Å²) in [5.41, 5.74) is 1.82. The van der Waals surface area contributed by atoms with Crippen LogP contribution in [0.4, 0.5) is 5.69 Å². The van der Waals surface area contributed by atoms with E-state index in [1.165, 1.54) is 74.7 Å². The van der Waals surface area contributed by atoms with Crippen LogP contribution in [-0.4, -0.2) is 41.4 Å². The van der Waals surface area contributed by atoms with E-state index in [0.717, 1.165) is 31.3 Å². The molecule has 192 valence electrons. The van der Waals surface area contributed by atoms with E-state index in [4.69, 9.17) is 5.11 Å². The number of aliphatic carboxylic acids is 1. The molecule has 0 saturated heterocycles. The Kier molecular flexibility index (Phi) is 13.7. The normalized spacial score (nSPS) is 18.0. The number of hydrogen-bond donors (Lipinski definition) is 3. The highest BCUT2D eigenvalue weighted by molar-refractivity contribution is 7.80. The number of carbonyl (C=O) groups is 2. The molecule has 6 heteroatoms. The SMILES string of the molecule is C1CCC(NC2CCCCC2)CC1.CCCCc1ccc(N(CC(=O)O)C(=O)C(C)CS)cc1. The number of unbranched alkanes of at least 4 members (excludes halogenated alkanes) is 1. The van der Waals surface area contributed by atoms with Gasteiger partial charge in [-0.15, -0.1) is 0 Å². The third-order valence-electron chi connectivity index (χ3n) is 7.00. The van der Waals surface area contributed by atoms with Crippen molar-refractivity contribution in [1.82, 2.24) is 5.32 Å². The Morgan fingerprint density at radius 1 is 1.00 bits per heavy atom. The van der Waals surface area contributed by atoms with Crippen LogP contribution in [0.15, 0.2) is 24.3 Å². The summed E-state index contributed by atoms with van der Waals surface area (Å²) in [6.45, 7) is 3.56. The van der Waals surface area contributed by atoms with Crippen LogP contribution < -0.4 is 10.2 Å². The number of rotatable bonds is 10. The van der Waals surface area contributed by atoms with Crippen LogP contribution in [0.1, 0.15) is 96.5 Å². The standard InChI is InChI=1S/C16H23NO3S.C12H23N/c1-3-4-5-13-6-8-14(9-7-13)17(10-15(18)19)16(20)12(2)11-21;1-3-7-11(8-4-1)13-12-9-5-2-6-10-12/h6-9,12,21H,3-5,10-11H2,1-2H3,(H,18,19);11-13H,1-10H2.